The Balaban J connectivity index is 1.64. The van der Waals surface area contributed by atoms with Crippen LogP contribution in [0.3, 0.4) is 0 Å². The molecule has 0 aliphatic carbocycles. The highest BCUT2D eigenvalue weighted by Crippen LogP contribution is 2.38. The predicted molar refractivity (Wildman–Crippen MR) is 128 cm³/mol. The Labute approximate surface area is 195 Å². The lowest BCUT2D eigenvalue weighted by molar-refractivity contribution is 0.102. The molecule has 8 nitrogen and oxygen atoms in total. The van der Waals surface area contributed by atoms with Gasteiger partial charge in [0.2, 0.25) is 5.75 Å². The van der Waals surface area contributed by atoms with Gasteiger partial charge in [0, 0.05) is 16.5 Å². The van der Waals surface area contributed by atoms with E-state index in [9.17, 15) is 4.79 Å². The van der Waals surface area contributed by atoms with Gasteiger partial charge in [0.05, 0.1) is 33.2 Å². The van der Waals surface area contributed by atoms with Crippen molar-refractivity contribution >= 4 is 23.1 Å². The number of thiazole rings is 1. The Morgan fingerprint density at radius 2 is 1.67 bits per heavy atom. The normalized spacial score (nSPS) is 10.7. The number of rotatable bonds is 7. The lowest BCUT2D eigenvalue weighted by Gasteiger charge is -2.14. The minimum absolute atomic E-state index is 0.342. The van der Waals surface area contributed by atoms with Crippen molar-refractivity contribution in [1.82, 2.24) is 14.5 Å². The van der Waals surface area contributed by atoms with E-state index in [0.717, 1.165) is 11.3 Å². The summed E-state index contributed by atoms with van der Waals surface area (Å²) >= 11 is 1.48. The van der Waals surface area contributed by atoms with E-state index < -0.39 is 0 Å². The van der Waals surface area contributed by atoms with Gasteiger partial charge < -0.3 is 19.5 Å². The van der Waals surface area contributed by atoms with Gasteiger partial charge >= 0.3 is 0 Å². The number of hydrogen-bond donors (Lipinski definition) is 1. The molecule has 0 spiro atoms. The molecule has 0 radical (unpaired) electrons. The van der Waals surface area contributed by atoms with Crippen LogP contribution in [0.2, 0.25) is 0 Å². The summed E-state index contributed by atoms with van der Waals surface area (Å²) in [6, 6.07) is 11.4. The van der Waals surface area contributed by atoms with Crippen LogP contribution in [0.1, 0.15) is 21.7 Å². The molecule has 0 unspecified atom stereocenters. The van der Waals surface area contributed by atoms with Gasteiger partial charge in [0.25, 0.3) is 5.91 Å². The second kappa shape index (κ2) is 9.33. The highest BCUT2D eigenvalue weighted by atomic mass is 32.1. The number of methoxy groups -OCH3 is 3. The van der Waals surface area contributed by atoms with E-state index in [0.29, 0.717) is 39.6 Å². The maximum Gasteiger partial charge on any atom is 0.257 e. The Morgan fingerprint density at radius 3 is 2.27 bits per heavy atom. The van der Waals surface area contributed by atoms with E-state index in [4.69, 9.17) is 19.2 Å². The third-order valence-electron chi connectivity index (χ3n) is 5.14. The summed E-state index contributed by atoms with van der Waals surface area (Å²) in [4.78, 5) is 22.2. The number of benzene rings is 2. The van der Waals surface area contributed by atoms with Crippen molar-refractivity contribution in [3.05, 3.63) is 64.9 Å². The zero-order valence-electron chi connectivity index (χ0n) is 19.0. The van der Waals surface area contributed by atoms with Crippen molar-refractivity contribution < 1.29 is 19.0 Å². The quantitative estimate of drug-likeness (QED) is 0.419. The predicted octanol–water partition coefficient (Wildman–Crippen LogP) is 4.89. The molecular weight excluding hydrogens is 440 g/mol. The highest BCUT2D eigenvalue weighted by molar-refractivity contribution is 7.12. The monoisotopic (exact) mass is 464 g/mol. The Morgan fingerprint density at radius 1 is 1.00 bits per heavy atom. The summed E-state index contributed by atoms with van der Waals surface area (Å²) in [6.07, 6.45) is 1.61. The maximum atomic E-state index is 13.1. The molecule has 9 heteroatoms. The Bertz CT molecular complexity index is 1270. The topological polar surface area (TPSA) is 87.5 Å². The first-order valence-electron chi connectivity index (χ1n) is 10.1. The molecule has 1 amide bonds. The first kappa shape index (κ1) is 22.3. The zero-order valence-corrected chi connectivity index (χ0v) is 19.8. The minimum Gasteiger partial charge on any atom is -0.493 e. The lowest BCUT2D eigenvalue weighted by Crippen LogP contribution is -2.15. The molecule has 0 saturated heterocycles. The third kappa shape index (κ3) is 4.40. The second-order valence-corrected chi connectivity index (χ2v) is 8.11. The van der Waals surface area contributed by atoms with Gasteiger partial charge in [-0.15, -0.1) is 11.3 Å². The summed E-state index contributed by atoms with van der Waals surface area (Å²) in [5, 5.41) is 5.62. The van der Waals surface area contributed by atoms with E-state index in [-0.39, 0.29) is 5.91 Å². The summed E-state index contributed by atoms with van der Waals surface area (Å²) in [7, 11) is 4.53. The minimum atomic E-state index is -0.342. The smallest absolute Gasteiger partial charge is 0.257 e. The molecule has 0 saturated carbocycles. The van der Waals surface area contributed by atoms with E-state index in [1.165, 1.54) is 38.2 Å². The SMILES string of the molecule is COc1cc(C(=O)Nc2cnc(C)n2-c2nc(-c3ccc(C)cc3)cs2)cc(OC)c1OC. The molecule has 2 aromatic carbocycles. The van der Waals surface area contributed by atoms with Crippen molar-refractivity contribution in [2.75, 3.05) is 26.6 Å². The molecule has 4 aromatic rings. The van der Waals surface area contributed by atoms with Gasteiger partial charge in [0.15, 0.2) is 16.6 Å². The van der Waals surface area contributed by atoms with Crippen molar-refractivity contribution in [1.29, 1.82) is 0 Å². The van der Waals surface area contributed by atoms with E-state index in [1.807, 2.05) is 35.9 Å². The number of nitrogens with one attached hydrogen (secondary N) is 1. The Hall–Kier alpha value is -3.85. The summed E-state index contributed by atoms with van der Waals surface area (Å²) in [6.45, 7) is 3.91. The van der Waals surface area contributed by atoms with E-state index >= 15 is 0 Å². The molecule has 2 aromatic heterocycles. The fourth-order valence-corrected chi connectivity index (χ4v) is 4.29. The summed E-state index contributed by atoms with van der Waals surface area (Å²) in [5.74, 6) is 2.09. The molecule has 0 aliphatic rings. The second-order valence-electron chi connectivity index (χ2n) is 7.28. The van der Waals surface area contributed by atoms with Crippen LogP contribution in [0.25, 0.3) is 16.4 Å². The first-order chi connectivity index (χ1) is 15.9. The zero-order chi connectivity index (χ0) is 23.5. The van der Waals surface area contributed by atoms with Crippen LogP contribution in [-0.2, 0) is 0 Å². The van der Waals surface area contributed by atoms with Gasteiger partial charge in [-0.2, -0.15) is 0 Å². The van der Waals surface area contributed by atoms with Crippen molar-refractivity contribution in [3.8, 4) is 33.6 Å². The number of imidazole rings is 1. The molecule has 2 heterocycles. The molecule has 4 rings (SSSR count). The lowest BCUT2D eigenvalue weighted by atomic mass is 10.1. The maximum absolute atomic E-state index is 13.1. The van der Waals surface area contributed by atoms with Crippen molar-refractivity contribution in [2.45, 2.75) is 13.8 Å². The molecule has 33 heavy (non-hydrogen) atoms. The number of aryl methyl sites for hydroxylation is 2. The number of anilines is 1. The fraction of sp³-hybridized carbons (Fsp3) is 0.208. The largest absolute Gasteiger partial charge is 0.493 e. The number of carbonyl (C=O) groups is 1. The van der Waals surface area contributed by atoms with Crippen LogP contribution in [0.5, 0.6) is 17.2 Å². The van der Waals surface area contributed by atoms with Crippen LogP contribution in [-0.4, -0.2) is 41.8 Å². The number of nitrogens with zero attached hydrogens (tertiary/aromatic N) is 3. The summed E-state index contributed by atoms with van der Waals surface area (Å²) < 4.78 is 17.9. The molecule has 0 bridgehead atoms. The van der Waals surface area contributed by atoms with Crippen LogP contribution in [0, 0.1) is 13.8 Å². The Kier molecular flexibility index (Phi) is 6.32. The van der Waals surface area contributed by atoms with Crippen LogP contribution < -0.4 is 19.5 Å². The molecule has 0 aliphatic heterocycles. The van der Waals surface area contributed by atoms with Gasteiger partial charge in [-0.1, -0.05) is 29.8 Å². The molecule has 0 fully saturated rings. The number of amides is 1. The number of ether oxygens (including phenoxy) is 3. The van der Waals surface area contributed by atoms with Crippen LogP contribution >= 0.6 is 11.3 Å². The van der Waals surface area contributed by atoms with Crippen molar-refractivity contribution in [3.63, 3.8) is 0 Å². The molecule has 0 atom stereocenters. The van der Waals surface area contributed by atoms with Gasteiger partial charge in [-0.3, -0.25) is 9.36 Å². The third-order valence-corrected chi connectivity index (χ3v) is 5.96. The van der Waals surface area contributed by atoms with Gasteiger partial charge in [-0.05, 0) is 26.0 Å². The van der Waals surface area contributed by atoms with Crippen LogP contribution in [0.4, 0.5) is 5.82 Å². The van der Waals surface area contributed by atoms with Gasteiger partial charge in [0.1, 0.15) is 11.6 Å². The number of hydrogen-bond acceptors (Lipinski definition) is 7. The van der Waals surface area contributed by atoms with Crippen molar-refractivity contribution in [2.24, 2.45) is 0 Å². The fourth-order valence-electron chi connectivity index (χ4n) is 3.40. The van der Waals surface area contributed by atoms with E-state index in [2.05, 4.69) is 22.4 Å². The standard InChI is InChI=1S/C24H24N4O4S/c1-14-6-8-16(9-7-14)18-13-33-24(26-18)28-15(2)25-12-21(28)27-23(29)17-10-19(30-3)22(32-5)20(11-17)31-4/h6-13H,1-5H3,(H,27,29). The molecular formula is C24H24N4O4S. The number of aromatic nitrogens is 3. The first-order valence-corrected chi connectivity index (χ1v) is 11.0. The van der Waals surface area contributed by atoms with E-state index in [1.54, 1.807) is 18.3 Å². The summed E-state index contributed by atoms with van der Waals surface area (Å²) in [5.41, 5.74) is 3.44. The molecule has 170 valence electrons. The molecule has 1 N–H and O–H groups in total. The van der Waals surface area contributed by atoms with Gasteiger partial charge in [-0.25, -0.2) is 9.97 Å². The highest BCUT2D eigenvalue weighted by Gasteiger charge is 2.20. The number of carbonyl (C=O) groups excluding carboxylic acids is 1. The average Bonchev–Trinajstić information content (AvgIpc) is 3.44. The van der Waals surface area contributed by atoms with Crippen LogP contribution in [0.15, 0.2) is 48.0 Å². The average molecular weight is 465 g/mol.